The van der Waals surface area contributed by atoms with E-state index in [-0.39, 0.29) is 15.6 Å². The lowest BCUT2D eigenvalue weighted by molar-refractivity contribution is -0.123. The SMILES string of the molecule is O=C(COC(=O)c1cccc(Cl)c1Cl)NC(=O)NCc1cccs1. The van der Waals surface area contributed by atoms with Gasteiger partial charge in [0.2, 0.25) is 0 Å². The number of urea groups is 1. The van der Waals surface area contributed by atoms with Crippen LogP contribution in [0.2, 0.25) is 10.0 Å². The highest BCUT2D eigenvalue weighted by Crippen LogP contribution is 2.25. The third-order valence-corrected chi connectivity index (χ3v) is 4.46. The van der Waals surface area contributed by atoms with Crippen LogP contribution < -0.4 is 10.6 Å². The Morgan fingerprint density at radius 1 is 1.12 bits per heavy atom. The maximum absolute atomic E-state index is 11.8. The van der Waals surface area contributed by atoms with E-state index in [9.17, 15) is 14.4 Å². The normalized spacial score (nSPS) is 10.1. The molecule has 2 aromatic rings. The first-order chi connectivity index (χ1) is 11.5. The average molecular weight is 387 g/mol. The number of imide groups is 1. The minimum atomic E-state index is -0.809. The van der Waals surface area contributed by atoms with Gasteiger partial charge >= 0.3 is 12.0 Å². The molecule has 126 valence electrons. The average Bonchev–Trinajstić information content (AvgIpc) is 3.07. The lowest BCUT2D eigenvalue weighted by atomic mass is 10.2. The van der Waals surface area contributed by atoms with Crippen molar-refractivity contribution < 1.29 is 19.1 Å². The van der Waals surface area contributed by atoms with Crippen LogP contribution in [0.5, 0.6) is 0 Å². The summed E-state index contributed by atoms with van der Waals surface area (Å²) in [5.74, 6) is -1.57. The maximum Gasteiger partial charge on any atom is 0.340 e. The molecule has 0 saturated carbocycles. The van der Waals surface area contributed by atoms with E-state index >= 15 is 0 Å². The Hall–Kier alpha value is -2.09. The van der Waals surface area contributed by atoms with Crippen LogP contribution in [0.1, 0.15) is 15.2 Å². The molecule has 0 radical (unpaired) electrons. The van der Waals surface area contributed by atoms with Crippen LogP contribution in [-0.2, 0) is 16.1 Å². The van der Waals surface area contributed by atoms with Crippen molar-refractivity contribution in [2.45, 2.75) is 6.54 Å². The highest BCUT2D eigenvalue weighted by Gasteiger charge is 2.16. The van der Waals surface area contributed by atoms with Gasteiger partial charge in [0.25, 0.3) is 5.91 Å². The zero-order chi connectivity index (χ0) is 17.5. The molecule has 0 atom stereocenters. The number of benzene rings is 1. The standard InChI is InChI=1S/C15H12Cl2N2O4S/c16-11-5-1-4-10(13(11)17)14(21)23-8-12(20)19-15(22)18-7-9-3-2-6-24-9/h1-6H,7-8H2,(H2,18,19,20,22). The first kappa shape index (κ1) is 18.3. The molecule has 2 N–H and O–H groups in total. The zero-order valence-corrected chi connectivity index (χ0v) is 14.5. The molecule has 0 unspecified atom stereocenters. The maximum atomic E-state index is 11.8. The number of amides is 3. The molecule has 1 heterocycles. The van der Waals surface area contributed by atoms with E-state index in [1.807, 2.05) is 17.5 Å². The Labute approximate surface area is 151 Å². The molecule has 0 fully saturated rings. The van der Waals surface area contributed by atoms with Gasteiger partial charge in [0.15, 0.2) is 6.61 Å². The van der Waals surface area contributed by atoms with Crippen LogP contribution >= 0.6 is 34.5 Å². The molecule has 2 rings (SSSR count). The number of carbonyl (C=O) groups is 3. The van der Waals surface area contributed by atoms with Crippen molar-refractivity contribution >= 4 is 52.4 Å². The van der Waals surface area contributed by atoms with Crippen LogP contribution in [0.25, 0.3) is 0 Å². The van der Waals surface area contributed by atoms with Crippen molar-refractivity contribution in [1.29, 1.82) is 0 Å². The Morgan fingerprint density at radius 2 is 1.92 bits per heavy atom. The largest absolute Gasteiger partial charge is 0.452 e. The second-order valence-corrected chi connectivity index (χ2v) is 6.31. The number of ether oxygens (including phenoxy) is 1. The van der Waals surface area contributed by atoms with Crippen molar-refractivity contribution in [2.75, 3.05) is 6.61 Å². The number of esters is 1. The minimum absolute atomic E-state index is 0.0401. The van der Waals surface area contributed by atoms with E-state index in [1.165, 1.54) is 29.5 Å². The lowest BCUT2D eigenvalue weighted by Gasteiger charge is -2.08. The van der Waals surface area contributed by atoms with Crippen molar-refractivity contribution in [3.05, 3.63) is 56.2 Å². The predicted octanol–water partition coefficient (Wildman–Crippen LogP) is 3.24. The fourth-order valence-corrected chi connectivity index (χ4v) is 2.68. The molecule has 0 aliphatic heterocycles. The van der Waals surface area contributed by atoms with E-state index in [4.69, 9.17) is 27.9 Å². The summed E-state index contributed by atoms with van der Waals surface area (Å²) in [6.07, 6.45) is 0. The van der Waals surface area contributed by atoms with Gasteiger partial charge in [-0.3, -0.25) is 10.1 Å². The third kappa shape index (κ3) is 5.23. The van der Waals surface area contributed by atoms with E-state index in [0.717, 1.165) is 4.88 Å². The monoisotopic (exact) mass is 386 g/mol. The van der Waals surface area contributed by atoms with Crippen LogP contribution in [-0.4, -0.2) is 24.5 Å². The highest BCUT2D eigenvalue weighted by atomic mass is 35.5. The summed E-state index contributed by atoms with van der Waals surface area (Å²) in [5.41, 5.74) is 0.0408. The molecule has 9 heteroatoms. The summed E-state index contributed by atoms with van der Waals surface area (Å²) >= 11 is 13.2. The Bertz CT molecular complexity index is 750. The molecule has 1 aromatic carbocycles. The van der Waals surface area contributed by atoms with E-state index in [0.29, 0.717) is 6.54 Å². The molecule has 24 heavy (non-hydrogen) atoms. The molecular formula is C15H12Cl2N2O4S. The van der Waals surface area contributed by atoms with Gasteiger partial charge in [0, 0.05) is 4.88 Å². The summed E-state index contributed by atoms with van der Waals surface area (Å²) in [7, 11) is 0. The van der Waals surface area contributed by atoms with Gasteiger partial charge in [-0.2, -0.15) is 0 Å². The van der Waals surface area contributed by atoms with Gasteiger partial charge in [-0.15, -0.1) is 11.3 Å². The Morgan fingerprint density at radius 3 is 2.62 bits per heavy atom. The van der Waals surface area contributed by atoms with Crippen LogP contribution in [0.4, 0.5) is 4.79 Å². The summed E-state index contributed by atoms with van der Waals surface area (Å²) in [5, 5.41) is 6.68. The summed E-state index contributed by atoms with van der Waals surface area (Å²) < 4.78 is 4.80. The quantitative estimate of drug-likeness (QED) is 0.772. The lowest BCUT2D eigenvalue weighted by Crippen LogP contribution is -2.41. The number of rotatable bonds is 5. The number of nitrogens with one attached hydrogen (secondary N) is 2. The number of halogens is 2. The van der Waals surface area contributed by atoms with Gasteiger partial charge in [0.1, 0.15) is 0 Å². The molecule has 0 spiro atoms. The number of carbonyl (C=O) groups excluding carboxylic acids is 3. The fraction of sp³-hybridized carbons (Fsp3) is 0.133. The molecule has 3 amide bonds. The molecule has 0 aliphatic carbocycles. The highest BCUT2D eigenvalue weighted by molar-refractivity contribution is 7.09. The first-order valence-corrected chi connectivity index (χ1v) is 8.32. The molecule has 1 aromatic heterocycles. The van der Waals surface area contributed by atoms with Crippen LogP contribution in [0.3, 0.4) is 0 Å². The van der Waals surface area contributed by atoms with E-state index in [1.54, 1.807) is 0 Å². The van der Waals surface area contributed by atoms with Crippen LogP contribution in [0, 0.1) is 0 Å². The summed E-state index contributed by atoms with van der Waals surface area (Å²) in [6.45, 7) is -0.317. The second kappa shape index (κ2) is 8.68. The topological polar surface area (TPSA) is 84.5 Å². The third-order valence-electron chi connectivity index (χ3n) is 2.76. The fourth-order valence-electron chi connectivity index (χ4n) is 1.66. The molecule has 6 nitrogen and oxygen atoms in total. The Kier molecular flexibility index (Phi) is 6.60. The smallest absolute Gasteiger partial charge is 0.340 e. The number of thiophene rings is 1. The second-order valence-electron chi connectivity index (χ2n) is 4.49. The molecular weight excluding hydrogens is 375 g/mol. The first-order valence-electron chi connectivity index (χ1n) is 6.68. The Balaban J connectivity index is 1.77. The van der Waals surface area contributed by atoms with Gasteiger partial charge < -0.3 is 10.1 Å². The van der Waals surface area contributed by atoms with Gasteiger partial charge in [0.05, 0.1) is 22.2 Å². The molecule has 0 saturated heterocycles. The number of hydrogen-bond donors (Lipinski definition) is 2. The van der Waals surface area contributed by atoms with Crippen molar-refractivity contribution in [2.24, 2.45) is 0 Å². The molecule has 0 bridgehead atoms. The van der Waals surface area contributed by atoms with Gasteiger partial charge in [-0.25, -0.2) is 9.59 Å². The van der Waals surface area contributed by atoms with Crippen molar-refractivity contribution in [3.63, 3.8) is 0 Å². The van der Waals surface area contributed by atoms with E-state index in [2.05, 4.69) is 10.6 Å². The summed E-state index contributed by atoms with van der Waals surface area (Å²) in [4.78, 5) is 35.9. The van der Waals surface area contributed by atoms with Crippen molar-refractivity contribution in [3.8, 4) is 0 Å². The minimum Gasteiger partial charge on any atom is -0.452 e. The van der Waals surface area contributed by atoms with Gasteiger partial charge in [-0.05, 0) is 23.6 Å². The number of hydrogen-bond acceptors (Lipinski definition) is 5. The summed E-state index contributed by atoms with van der Waals surface area (Å²) in [6, 6.07) is 7.50. The zero-order valence-electron chi connectivity index (χ0n) is 12.2. The van der Waals surface area contributed by atoms with Gasteiger partial charge in [-0.1, -0.05) is 35.3 Å². The molecule has 0 aliphatic rings. The predicted molar refractivity (Wildman–Crippen MR) is 91.4 cm³/mol. The van der Waals surface area contributed by atoms with Crippen LogP contribution in [0.15, 0.2) is 35.7 Å². The van der Waals surface area contributed by atoms with E-state index < -0.39 is 24.5 Å². The van der Waals surface area contributed by atoms with Crippen molar-refractivity contribution in [1.82, 2.24) is 10.6 Å².